The standard InChI is InChI=1S/C24H26ClFN4O3/c1-13-22(28)18(23(29-2)15-9-14(11-20(27)31)10-16(26)12-15)7-8-30(13)24(32)17-5-4-6-19(33-3)21(17)25/h4-6,9-10,12-13H,7-8,11,28H2,1-3H3,(H2,27,31)/t13-/m0/s1. The van der Waals surface area contributed by atoms with Crippen LogP contribution in [0.5, 0.6) is 5.75 Å². The Balaban J connectivity index is 1.95. The Hall–Kier alpha value is -3.39. The quantitative estimate of drug-likeness (QED) is 0.629. The van der Waals surface area contributed by atoms with Gasteiger partial charge in [0.25, 0.3) is 5.91 Å². The van der Waals surface area contributed by atoms with Crippen LogP contribution in [-0.2, 0) is 11.2 Å². The Kier molecular flexibility index (Phi) is 7.38. The fraction of sp³-hybridized carbons (Fsp3) is 0.292. The summed E-state index contributed by atoms with van der Waals surface area (Å²) in [5.74, 6) is -0.915. The van der Waals surface area contributed by atoms with Gasteiger partial charge in [0.15, 0.2) is 0 Å². The molecule has 174 valence electrons. The molecular formula is C24H26ClFN4O3. The molecule has 4 N–H and O–H groups in total. The summed E-state index contributed by atoms with van der Waals surface area (Å²) >= 11 is 6.35. The smallest absolute Gasteiger partial charge is 0.256 e. The van der Waals surface area contributed by atoms with E-state index in [0.29, 0.717) is 46.8 Å². The first-order valence-corrected chi connectivity index (χ1v) is 10.7. The lowest BCUT2D eigenvalue weighted by Crippen LogP contribution is -2.46. The van der Waals surface area contributed by atoms with E-state index in [9.17, 15) is 14.0 Å². The molecule has 3 rings (SSSR count). The minimum absolute atomic E-state index is 0.0870. The van der Waals surface area contributed by atoms with Gasteiger partial charge in [0.1, 0.15) is 11.6 Å². The summed E-state index contributed by atoms with van der Waals surface area (Å²) in [6.45, 7) is 2.18. The molecule has 0 fully saturated rings. The molecule has 2 aromatic rings. The van der Waals surface area contributed by atoms with Gasteiger partial charge >= 0.3 is 0 Å². The molecule has 33 heavy (non-hydrogen) atoms. The normalized spacial score (nSPS) is 16.7. The van der Waals surface area contributed by atoms with E-state index in [-0.39, 0.29) is 17.4 Å². The molecule has 1 aliphatic rings. The van der Waals surface area contributed by atoms with Gasteiger partial charge in [0.2, 0.25) is 5.91 Å². The van der Waals surface area contributed by atoms with Crippen molar-refractivity contribution in [2.75, 3.05) is 20.7 Å². The van der Waals surface area contributed by atoms with E-state index in [2.05, 4.69) is 4.99 Å². The molecule has 0 aromatic heterocycles. The first-order valence-electron chi connectivity index (χ1n) is 10.3. The van der Waals surface area contributed by atoms with Crippen LogP contribution in [0.2, 0.25) is 5.02 Å². The Labute approximate surface area is 196 Å². The molecule has 1 atom stereocenters. The number of nitrogens with zero attached hydrogens (tertiary/aromatic N) is 2. The van der Waals surface area contributed by atoms with Gasteiger partial charge in [-0.3, -0.25) is 14.6 Å². The Morgan fingerprint density at radius 1 is 1.30 bits per heavy atom. The molecule has 0 saturated carbocycles. The molecule has 0 bridgehead atoms. The van der Waals surface area contributed by atoms with E-state index >= 15 is 0 Å². The van der Waals surface area contributed by atoms with Crippen LogP contribution in [0.25, 0.3) is 0 Å². The van der Waals surface area contributed by atoms with Crippen molar-refractivity contribution in [2.45, 2.75) is 25.8 Å². The summed E-state index contributed by atoms with van der Waals surface area (Å²) in [7, 11) is 3.07. The van der Waals surface area contributed by atoms with Crippen molar-refractivity contribution in [1.82, 2.24) is 4.90 Å². The molecule has 1 heterocycles. The summed E-state index contributed by atoms with van der Waals surface area (Å²) in [6, 6.07) is 8.86. The minimum Gasteiger partial charge on any atom is -0.495 e. The second-order valence-corrected chi connectivity index (χ2v) is 8.12. The third kappa shape index (κ3) is 5.01. The molecule has 0 unspecified atom stereocenters. The van der Waals surface area contributed by atoms with E-state index in [4.69, 9.17) is 27.8 Å². The maximum absolute atomic E-state index is 14.2. The van der Waals surface area contributed by atoms with Gasteiger partial charge in [-0.05, 0) is 49.2 Å². The first kappa shape index (κ1) is 24.3. The fourth-order valence-electron chi connectivity index (χ4n) is 4.04. The second-order valence-electron chi connectivity index (χ2n) is 7.74. The number of carbonyl (C=O) groups is 2. The van der Waals surface area contributed by atoms with Crippen molar-refractivity contribution in [2.24, 2.45) is 16.5 Å². The lowest BCUT2D eigenvalue weighted by Gasteiger charge is -2.36. The number of benzene rings is 2. The van der Waals surface area contributed by atoms with Gasteiger partial charge in [0, 0.05) is 30.4 Å². The minimum atomic E-state index is -0.558. The van der Waals surface area contributed by atoms with E-state index in [1.807, 2.05) is 6.92 Å². The van der Waals surface area contributed by atoms with Gasteiger partial charge < -0.3 is 21.1 Å². The highest BCUT2D eigenvalue weighted by atomic mass is 35.5. The van der Waals surface area contributed by atoms with Gasteiger partial charge in [0.05, 0.1) is 35.9 Å². The van der Waals surface area contributed by atoms with Crippen LogP contribution in [0.15, 0.2) is 52.7 Å². The van der Waals surface area contributed by atoms with Crippen LogP contribution in [0, 0.1) is 5.82 Å². The average Bonchev–Trinajstić information content (AvgIpc) is 2.76. The van der Waals surface area contributed by atoms with Crippen LogP contribution in [-0.4, -0.2) is 49.2 Å². The van der Waals surface area contributed by atoms with Crippen LogP contribution >= 0.6 is 11.6 Å². The van der Waals surface area contributed by atoms with Crippen LogP contribution in [0.1, 0.15) is 34.8 Å². The summed E-state index contributed by atoms with van der Waals surface area (Å²) in [6.07, 6.45) is 0.327. The number of carbonyl (C=O) groups excluding carboxylic acids is 2. The molecule has 2 aromatic carbocycles. The topological polar surface area (TPSA) is 111 Å². The van der Waals surface area contributed by atoms with Gasteiger partial charge in [-0.25, -0.2) is 4.39 Å². The zero-order valence-electron chi connectivity index (χ0n) is 18.7. The highest BCUT2D eigenvalue weighted by molar-refractivity contribution is 6.35. The molecule has 0 radical (unpaired) electrons. The third-order valence-electron chi connectivity index (χ3n) is 5.66. The number of aliphatic imine (C=N–C) groups is 1. The number of nitrogens with two attached hydrogens (primary N) is 2. The molecule has 0 aliphatic carbocycles. The number of hydrogen-bond acceptors (Lipinski definition) is 5. The SMILES string of the molecule is CN=C(C1=C(N)[C@H](C)N(C(=O)c2cccc(OC)c2Cl)CC1)c1cc(F)cc(CC(N)=O)c1. The zero-order valence-corrected chi connectivity index (χ0v) is 19.4. The van der Waals surface area contributed by atoms with Crippen molar-refractivity contribution < 1.29 is 18.7 Å². The van der Waals surface area contributed by atoms with Crippen molar-refractivity contribution >= 4 is 29.1 Å². The average molecular weight is 473 g/mol. The monoisotopic (exact) mass is 472 g/mol. The maximum Gasteiger partial charge on any atom is 0.256 e. The van der Waals surface area contributed by atoms with Gasteiger partial charge in [-0.1, -0.05) is 17.7 Å². The van der Waals surface area contributed by atoms with Crippen molar-refractivity contribution in [3.05, 3.63) is 75.2 Å². The molecule has 0 saturated heterocycles. The number of ether oxygens (including phenoxy) is 1. The Morgan fingerprint density at radius 2 is 2.03 bits per heavy atom. The van der Waals surface area contributed by atoms with Crippen molar-refractivity contribution in [3.63, 3.8) is 0 Å². The van der Waals surface area contributed by atoms with Crippen LogP contribution < -0.4 is 16.2 Å². The largest absolute Gasteiger partial charge is 0.495 e. The lowest BCUT2D eigenvalue weighted by molar-refractivity contribution is -0.117. The van der Waals surface area contributed by atoms with Crippen molar-refractivity contribution in [3.8, 4) is 5.75 Å². The lowest BCUT2D eigenvalue weighted by atomic mass is 9.90. The van der Waals surface area contributed by atoms with Crippen molar-refractivity contribution in [1.29, 1.82) is 0 Å². The molecule has 9 heteroatoms. The number of amides is 2. The highest BCUT2D eigenvalue weighted by Gasteiger charge is 2.32. The Morgan fingerprint density at radius 3 is 2.67 bits per heavy atom. The van der Waals surface area contributed by atoms with E-state index in [1.54, 1.807) is 36.2 Å². The molecule has 2 amide bonds. The van der Waals surface area contributed by atoms with E-state index < -0.39 is 17.8 Å². The van der Waals surface area contributed by atoms with Gasteiger partial charge in [-0.15, -0.1) is 0 Å². The molecule has 7 nitrogen and oxygen atoms in total. The second kappa shape index (κ2) is 10.0. The van der Waals surface area contributed by atoms with Crippen LogP contribution in [0.4, 0.5) is 4.39 Å². The number of halogens is 2. The maximum atomic E-state index is 14.2. The Bertz CT molecular complexity index is 1160. The predicted octanol–water partition coefficient (Wildman–Crippen LogP) is 3.08. The summed E-state index contributed by atoms with van der Waals surface area (Å²) in [5, 5.41) is 0.239. The van der Waals surface area contributed by atoms with Gasteiger partial charge in [-0.2, -0.15) is 0 Å². The number of rotatable bonds is 6. The molecular weight excluding hydrogens is 447 g/mol. The summed E-state index contributed by atoms with van der Waals surface area (Å²) in [4.78, 5) is 30.5. The molecule has 0 spiro atoms. The zero-order chi connectivity index (χ0) is 24.3. The number of methoxy groups -OCH3 is 1. The number of hydrogen-bond donors (Lipinski definition) is 2. The fourth-order valence-corrected chi connectivity index (χ4v) is 4.32. The number of primary amides is 1. The molecule has 1 aliphatic heterocycles. The first-order chi connectivity index (χ1) is 15.7. The summed E-state index contributed by atoms with van der Waals surface area (Å²) in [5.41, 5.74) is 14.7. The van der Waals surface area contributed by atoms with Crippen LogP contribution in [0.3, 0.4) is 0 Å². The predicted molar refractivity (Wildman–Crippen MR) is 126 cm³/mol. The van der Waals surface area contributed by atoms with E-state index in [1.165, 1.54) is 19.2 Å². The summed E-state index contributed by atoms with van der Waals surface area (Å²) < 4.78 is 19.5. The highest BCUT2D eigenvalue weighted by Crippen LogP contribution is 2.32. The third-order valence-corrected chi connectivity index (χ3v) is 6.05. The van der Waals surface area contributed by atoms with E-state index in [0.717, 1.165) is 5.57 Å².